The van der Waals surface area contributed by atoms with E-state index in [9.17, 15) is 4.79 Å². The minimum atomic E-state index is -0.626. The smallest absolute Gasteiger partial charge is 0.297 e. The van der Waals surface area contributed by atoms with Gasteiger partial charge in [-0.15, -0.1) is 0 Å². The molecule has 4 nitrogen and oxygen atoms in total. The number of oxime groups is 1. The van der Waals surface area contributed by atoms with Gasteiger partial charge in [-0.1, -0.05) is 111 Å². The Morgan fingerprint density at radius 2 is 1.58 bits per heavy atom. The summed E-state index contributed by atoms with van der Waals surface area (Å²) in [7, 11) is 0. The van der Waals surface area contributed by atoms with E-state index in [1.54, 1.807) is 24.3 Å². The summed E-state index contributed by atoms with van der Waals surface area (Å²) < 4.78 is 0. The van der Waals surface area contributed by atoms with E-state index in [0.29, 0.717) is 10.7 Å². The maximum absolute atomic E-state index is 12.2. The molecule has 0 heterocycles. The van der Waals surface area contributed by atoms with Gasteiger partial charge >= 0.3 is 6.09 Å². The number of amides is 1. The van der Waals surface area contributed by atoms with Crippen LogP contribution < -0.4 is 5.32 Å². The minimum Gasteiger partial charge on any atom is -0.297 e. The average molecular weight is 443 g/mol. The highest BCUT2D eigenvalue weighted by Gasteiger charge is 2.08. The molecule has 0 aliphatic rings. The van der Waals surface area contributed by atoms with E-state index in [1.807, 2.05) is 24.3 Å². The fourth-order valence-electron chi connectivity index (χ4n) is 3.40. The molecule has 2 aromatic carbocycles. The highest BCUT2D eigenvalue weighted by atomic mass is 35.5. The van der Waals surface area contributed by atoms with E-state index >= 15 is 0 Å². The Morgan fingerprint density at radius 3 is 2.23 bits per heavy atom. The van der Waals surface area contributed by atoms with Crippen molar-refractivity contribution in [2.24, 2.45) is 5.16 Å². The van der Waals surface area contributed by atoms with Gasteiger partial charge in [0.15, 0.2) is 0 Å². The number of unbranched alkanes of at least 4 members (excludes halogenated alkanes) is 8. The fraction of sp³-hybridized carbons (Fsp3) is 0.462. The van der Waals surface area contributed by atoms with Crippen molar-refractivity contribution in [2.45, 2.75) is 78.1 Å². The quantitative estimate of drug-likeness (QED) is 0.146. The fourth-order valence-corrected chi connectivity index (χ4v) is 3.59. The number of hydrogen-bond donors (Lipinski definition) is 1. The predicted octanol–water partition coefficient (Wildman–Crippen LogP) is 8.52. The summed E-state index contributed by atoms with van der Waals surface area (Å²) in [5.74, 6) is 0. The largest absolute Gasteiger partial charge is 0.437 e. The molecule has 0 unspecified atom stereocenters. The summed E-state index contributed by atoms with van der Waals surface area (Å²) in [5.41, 5.74) is 3.54. The topological polar surface area (TPSA) is 50.7 Å². The Labute approximate surface area is 192 Å². The zero-order valence-electron chi connectivity index (χ0n) is 18.8. The van der Waals surface area contributed by atoms with Gasteiger partial charge in [0, 0.05) is 10.7 Å². The number of carbonyl (C=O) groups is 1. The number of nitrogens with one attached hydrogen (secondary N) is 1. The zero-order chi connectivity index (χ0) is 22.3. The maximum Gasteiger partial charge on any atom is 0.437 e. The van der Waals surface area contributed by atoms with Crippen LogP contribution in [-0.4, -0.2) is 11.8 Å². The molecule has 0 radical (unpaired) electrons. The van der Waals surface area contributed by atoms with Crippen LogP contribution in [-0.2, 0) is 4.84 Å². The van der Waals surface area contributed by atoms with Gasteiger partial charge < -0.3 is 0 Å². The third-order valence-corrected chi connectivity index (χ3v) is 5.45. The summed E-state index contributed by atoms with van der Waals surface area (Å²) in [6.45, 7) is 4.30. The van der Waals surface area contributed by atoms with Crippen molar-refractivity contribution in [2.75, 3.05) is 5.32 Å². The summed E-state index contributed by atoms with van der Waals surface area (Å²) >= 11 is 5.95. The molecule has 31 heavy (non-hydrogen) atoms. The van der Waals surface area contributed by atoms with Crippen LogP contribution in [0, 0.1) is 6.92 Å². The summed E-state index contributed by atoms with van der Waals surface area (Å²) in [6.07, 6.45) is 11.5. The van der Waals surface area contributed by atoms with E-state index in [0.717, 1.165) is 30.5 Å². The number of nitrogens with zero attached hydrogens (tertiary/aromatic N) is 1. The average Bonchev–Trinajstić information content (AvgIpc) is 2.75. The predicted molar refractivity (Wildman–Crippen MR) is 131 cm³/mol. The van der Waals surface area contributed by atoms with Gasteiger partial charge in [0.1, 0.15) is 0 Å². The number of benzene rings is 2. The van der Waals surface area contributed by atoms with Crippen molar-refractivity contribution in [3.8, 4) is 0 Å². The van der Waals surface area contributed by atoms with E-state index in [2.05, 4.69) is 24.3 Å². The van der Waals surface area contributed by atoms with Crippen LogP contribution in [0.25, 0.3) is 0 Å². The molecule has 0 atom stereocenters. The first-order chi connectivity index (χ1) is 15.1. The second-order valence-electron chi connectivity index (χ2n) is 8.00. The molecule has 0 saturated carbocycles. The van der Waals surface area contributed by atoms with Crippen LogP contribution in [0.4, 0.5) is 10.5 Å². The Morgan fingerprint density at radius 1 is 0.935 bits per heavy atom. The monoisotopic (exact) mass is 442 g/mol. The molecule has 5 heteroatoms. The molecule has 0 aliphatic heterocycles. The Balaban J connectivity index is 1.85. The third kappa shape index (κ3) is 10.5. The maximum atomic E-state index is 12.2. The van der Waals surface area contributed by atoms with E-state index in [1.165, 1.54) is 50.5 Å². The van der Waals surface area contributed by atoms with Gasteiger partial charge in [0.25, 0.3) is 0 Å². The lowest BCUT2D eigenvalue weighted by atomic mass is 10.0. The van der Waals surface area contributed by atoms with Gasteiger partial charge in [-0.25, -0.2) is 4.79 Å². The molecule has 0 aromatic heterocycles. The number of carbonyl (C=O) groups excluding carboxylic acids is 1. The first-order valence-corrected chi connectivity index (χ1v) is 11.8. The number of hydrogen-bond acceptors (Lipinski definition) is 3. The van der Waals surface area contributed by atoms with Crippen LogP contribution in [0.1, 0.15) is 82.3 Å². The van der Waals surface area contributed by atoms with Crippen LogP contribution in [0.3, 0.4) is 0 Å². The van der Waals surface area contributed by atoms with Crippen molar-refractivity contribution < 1.29 is 9.63 Å². The summed E-state index contributed by atoms with van der Waals surface area (Å²) in [5, 5.41) is 7.38. The first-order valence-electron chi connectivity index (χ1n) is 11.5. The van der Waals surface area contributed by atoms with Gasteiger partial charge in [0.05, 0.1) is 5.71 Å². The minimum absolute atomic E-state index is 0.548. The third-order valence-electron chi connectivity index (χ3n) is 5.21. The standard InChI is InChI=1S/C26H35ClN2O2/c1-3-4-5-6-7-8-9-10-11-15-25(22-18-16-21(2)17-19-22)29-31-26(30)28-24-14-12-13-23(27)20-24/h12-14,16-20H,3-11,15H2,1-2H3,(H,28,30)/b29-25+. The molecule has 2 aromatic rings. The van der Waals surface area contributed by atoms with Crippen molar-refractivity contribution in [1.82, 2.24) is 0 Å². The van der Waals surface area contributed by atoms with Crippen LogP contribution >= 0.6 is 11.6 Å². The lowest BCUT2D eigenvalue weighted by molar-refractivity contribution is 0.166. The molecule has 168 valence electrons. The Bertz CT molecular complexity index is 818. The highest BCUT2D eigenvalue weighted by Crippen LogP contribution is 2.16. The summed E-state index contributed by atoms with van der Waals surface area (Å²) in [4.78, 5) is 17.3. The second-order valence-corrected chi connectivity index (χ2v) is 8.43. The molecule has 0 saturated heterocycles. The molecule has 0 bridgehead atoms. The molecule has 0 fully saturated rings. The highest BCUT2D eigenvalue weighted by molar-refractivity contribution is 6.30. The van der Waals surface area contributed by atoms with Crippen LogP contribution in [0.15, 0.2) is 53.7 Å². The van der Waals surface area contributed by atoms with E-state index in [-0.39, 0.29) is 0 Å². The number of halogens is 1. The van der Waals surface area contributed by atoms with Crippen LogP contribution in [0.5, 0.6) is 0 Å². The molecular weight excluding hydrogens is 408 g/mol. The van der Waals surface area contributed by atoms with Crippen LogP contribution in [0.2, 0.25) is 5.02 Å². The van der Waals surface area contributed by atoms with Crippen molar-refractivity contribution in [1.29, 1.82) is 0 Å². The van der Waals surface area contributed by atoms with Gasteiger partial charge in [-0.3, -0.25) is 10.2 Å². The van der Waals surface area contributed by atoms with E-state index < -0.39 is 6.09 Å². The lowest BCUT2D eigenvalue weighted by Gasteiger charge is -2.08. The number of aryl methyl sites for hydroxylation is 1. The molecular formula is C26H35ClN2O2. The zero-order valence-corrected chi connectivity index (χ0v) is 19.6. The molecule has 1 N–H and O–H groups in total. The molecule has 0 spiro atoms. The van der Waals surface area contributed by atoms with E-state index in [4.69, 9.17) is 16.4 Å². The van der Waals surface area contributed by atoms with Crippen molar-refractivity contribution in [3.05, 3.63) is 64.7 Å². The number of rotatable bonds is 13. The normalized spacial score (nSPS) is 11.4. The van der Waals surface area contributed by atoms with Gasteiger partial charge in [-0.2, -0.15) is 0 Å². The van der Waals surface area contributed by atoms with Gasteiger partial charge in [-0.05, 0) is 43.5 Å². The van der Waals surface area contributed by atoms with Gasteiger partial charge in [0.2, 0.25) is 0 Å². The molecule has 0 aliphatic carbocycles. The second kappa shape index (κ2) is 14.6. The molecule has 2 rings (SSSR count). The van der Waals surface area contributed by atoms with Crippen molar-refractivity contribution in [3.63, 3.8) is 0 Å². The Kier molecular flexibility index (Phi) is 11.8. The number of anilines is 1. The van der Waals surface area contributed by atoms with Crippen molar-refractivity contribution >= 4 is 29.1 Å². The summed E-state index contributed by atoms with van der Waals surface area (Å²) in [6, 6.07) is 15.1. The first kappa shape index (κ1) is 24.9. The SMILES string of the molecule is CCCCCCCCCCC/C(=N\OC(=O)Nc1cccc(Cl)c1)c1ccc(C)cc1. The molecule has 1 amide bonds. The lowest BCUT2D eigenvalue weighted by Crippen LogP contribution is -2.12. The Hall–Kier alpha value is -2.33.